The fourth-order valence-corrected chi connectivity index (χ4v) is 6.06. The van der Waals surface area contributed by atoms with Gasteiger partial charge < -0.3 is 19.9 Å². The summed E-state index contributed by atoms with van der Waals surface area (Å²) in [7, 11) is 0. The van der Waals surface area contributed by atoms with Crippen LogP contribution in [0.15, 0.2) is 12.1 Å². The van der Waals surface area contributed by atoms with Crippen molar-refractivity contribution in [3.8, 4) is 0 Å². The van der Waals surface area contributed by atoms with E-state index in [9.17, 15) is 14.4 Å². The normalized spacial score (nSPS) is 21.4. The summed E-state index contributed by atoms with van der Waals surface area (Å²) in [5.41, 5.74) is 2.28. The van der Waals surface area contributed by atoms with Gasteiger partial charge in [0.15, 0.2) is 0 Å². The van der Waals surface area contributed by atoms with Gasteiger partial charge in [-0.05, 0) is 70.7 Å². The van der Waals surface area contributed by atoms with Gasteiger partial charge in [-0.25, -0.2) is 4.79 Å². The lowest BCUT2D eigenvalue weighted by molar-refractivity contribution is -0.140. The van der Waals surface area contributed by atoms with E-state index in [1.165, 1.54) is 12.8 Å². The van der Waals surface area contributed by atoms with Crippen LogP contribution >= 0.6 is 11.6 Å². The Morgan fingerprint density at radius 3 is 2.39 bits per heavy atom. The average molecular weight is 547 g/mol. The second-order valence-corrected chi connectivity index (χ2v) is 12.8. The fourth-order valence-electron chi connectivity index (χ4n) is 5.82. The van der Waals surface area contributed by atoms with Gasteiger partial charge in [0.2, 0.25) is 11.8 Å². The Hall–Kier alpha value is -2.32. The van der Waals surface area contributed by atoms with Gasteiger partial charge >= 0.3 is 6.09 Å². The lowest BCUT2D eigenvalue weighted by Gasteiger charge is -2.41. The average Bonchev–Trinajstić information content (AvgIpc) is 3.32. The molecule has 0 radical (unpaired) electrons. The molecule has 0 aromatic heterocycles. The van der Waals surface area contributed by atoms with Gasteiger partial charge in [-0.3, -0.25) is 14.5 Å². The standard InChI is InChI=1S/C29H43ClN4O4/c1-19-15-32(10-11-34(19)27(36)22-8-6-7-9-22)18-23-13-24(30)14-25(20(23)2)31-26(35)12-21-16-33(17-21)28(37)38-29(3,4)5/h13-14,19,21-22H,6-12,15-18H2,1-5H3,(H,31,35)/t19-/m0/s1. The minimum atomic E-state index is -0.528. The molecular weight excluding hydrogens is 504 g/mol. The predicted octanol–water partition coefficient (Wildman–Crippen LogP) is 5.07. The summed E-state index contributed by atoms with van der Waals surface area (Å²) in [6.45, 7) is 13.8. The van der Waals surface area contributed by atoms with Crippen LogP contribution in [0.3, 0.4) is 0 Å². The second-order valence-electron chi connectivity index (χ2n) is 12.3. The zero-order valence-corrected chi connectivity index (χ0v) is 24.3. The molecule has 2 saturated heterocycles. The Morgan fingerprint density at radius 2 is 1.76 bits per heavy atom. The number of likely N-dealkylation sites (tertiary alicyclic amines) is 1. The zero-order chi connectivity index (χ0) is 27.6. The molecule has 1 N–H and O–H groups in total. The van der Waals surface area contributed by atoms with E-state index in [0.29, 0.717) is 30.4 Å². The summed E-state index contributed by atoms with van der Waals surface area (Å²) >= 11 is 6.46. The highest BCUT2D eigenvalue weighted by atomic mass is 35.5. The van der Waals surface area contributed by atoms with E-state index in [1.54, 1.807) is 11.0 Å². The van der Waals surface area contributed by atoms with E-state index in [-0.39, 0.29) is 29.9 Å². The van der Waals surface area contributed by atoms with Gasteiger partial charge in [0.05, 0.1) is 0 Å². The Balaban J connectivity index is 1.29. The third kappa shape index (κ3) is 7.20. The van der Waals surface area contributed by atoms with Crippen molar-refractivity contribution < 1.29 is 19.1 Å². The Bertz CT molecular complexity index is 1040. The third-order valence-corrected chi connectivity index (χ3v) is 8.15. The Kier molecular flexibility index (Phi) is 8.92. The number of carbonyl (C=O) groups excluding carboxylic acids is 3. The summed E-state index contributed by atoms with van der Waals surface area (Å²) in [5.74, 6) is 0.582. The molecule has 0 spiro atoms. The van der Waals surface area contributed by atoms with Crippen LogP contribution in [0, 0.1) is 18.8 Å². The van der Waals surface area contributed by atoms with Crippen LogP contribution < -0.4 is 5.32 Å². The van der Waals surface area contributed by atoms with Crippen LogP contribution in [0.1, 0.15) is 70.9 Å². The number of hydrogen-bond donors (Lipinski definition) is 1. The molecule has 0 bridgehead atoms. The topological polar surface area (TPSA) is 82.2 Å². The molecule has 2 heterocycles. The van der Waals surface area contributed by atoms with Crippen molar-refractivity contribution in [2.24, 2.45) is 11.8 Å². The van der Waals surface area contributed by atoms with Crippen molar-refractivity contribution >= 4 is 35.2 Å². The monoisotopic (exact) mass is 546 g/mol. The van der Waals surface area contributed by atoms with Crippen LogP contribution in [0.5, 0.6) is 0 Å². The fraction of sp³-hybridized carbons (Fsp3) is 0.690. The number of benzene rings is 1. The first-order valence-corrected chi connectivity index (χ1v) is 14.4. The van der Waals surface area contributed by atoms with E-state index in [0.717, 1.165) is 55.8 Å². The summed E-state index contributed by atoms with van der Waals surface area (Å²) in [4.78, 5) is 44.0. The minimum Gasteiger partial charge on any atom is -0.444 e. The van der Waals surface area contributed by atoms with E-state index < -0.39 is 5.60 Å². The number of piperazine rings is 1. The number of nitrogens with zero attached hydrogens (tertiary/aromatic N) is 3. The van der Waals surface area contributed by atoms with Crippen molar-refractivity contribution in [2.45, 2.75) is 84.9 Å². The van der Waals surface area contributed by atoms with Crippen LogP contribution in [0.25, 0.3) is 0 Å². The largest absolute Gasteiger partial charge is 0.444 e. The van der Waals surface area contributed by atoms with E-state index in [1.807, 2.05) is 33.8 Å². The highest BCUT2D eigenvalue weighted by Crippen LogP contribution is 2.30. The number of rotatable bonds is 6. The summed E-state index contributed by atoms with van der Waals surface area (Å²) < 4.78 is 5.39. The SMILES string of the molecule is Cc1c(CN2CCN(C(=O)C3CCCC3)[C@@H](C)C2)cc(Cl)cc1NC(=O)CC1CN(C(=O)OC(C)(C)C)C1. The van der Waals surface area contributed by atoms with Gasteiger partial charge in [-0.2, -0.15) is 0 Å². The van der Waals surface area contributed by atoms with E-state index in [2.05, 4.69) is 22.0 Å². The number of carbonyl (C=O) groups is 3. The summed E-state index contributed by atoms with van der Waals surface area (Å²) in [6, 6.07) is 3.95. The van der Waals surface area contributed by atoms with Crippen LogP contribution in [-0.4, -0.2) is 77.0 Å². The number of hydrogen-bond acceptors (Lipinski definition) is 5. The first-order valence-electron chi connectivity index (χ1n) is 14.0. The molecule has 210 valence electrons. The van der Waals surface area contributed by atoms with Crippen LogP contribution in [0.4, 0.5) is 10.5 Å². The van der Waals surface area contributed by atoms with Gasteiger partial charge in [0, 0.05) is 74.3 Å². The van der Waals surface area contributed by atoms with Crippen molar-refractivity contribution in [2.75, 3.05) is 38.0 Å². The number of nitrogens with one attached hydrogen (secondary N) is 1. The zero-order valence-electron chi connectivity index (χ0n) is 23.5. The molecule has 1 saturated carbocycles. The number of ether oxygens (including phenoxy) is 1. The predicted molar refractivity (Wildman–Crippen MR) is 149 cm³/mol. The van der Waals surface area contributed by atoms with E-state index in [4.69, 9.17) is 16.3 Å². The maximum Gasteiger partial charge on any atom is 0.410 e. The molecule has 8 nitrogen and oxygen atoms in total. The number of amides is 3. The summed E-state index contributed by atoms with van der Waals surface area (Å²) in [5, 5.41) is 3.63. The number of anilines is 1. The number of halogens is 1. The van der Waals surface area contributed by atoms with Gasteiger partial charge in [0.25, 0.3) is 0 Å². The first kappa shape index (κ1) is 28.7. The molecule has 3 aliphatic rings. The first-order chi connectivity index (χ1) is 17.9. The van der Waals surface area contributed by atoms with Gasteiger partial charge in [-0.15, -0.1) is 0 Å². The molecule has 2 aliphatic heterocycles. The Morgan fingerprint density at radius 1 is 1.08 bits per heavy atom. The highest BCUT2D eigenvalue weighted by molar-refractivity contribution is 6.31. The van der Waals surface area contributed by atoms with E-state index >= 15 is 0 Å². The molecule has 1 aromatic carbocycles. The lowest BCUT2D eigenvalue weighted by atomic mass is 9.96. The smallest absolute Gasteiger partial charge is 0.410 e. The molecule has 38 heavy (non-hydrogen) atoms. The molecular formula is C29H43ClN4O4. The summed E-state index contributed by atoms with van der Waals surface area (Å²) in [6.07, 6.45) is 4.42. The van der Waals surface area contributed by atoms with Crippen molar-refractivity contribution in [3.63, 3.8) is 0 Å². The van der Waals surface area contributed by atoms with Crippen LogP contribution in [0.2, 0.25) is 5.02 Å². The lowest BCUT2D eigenvalue weighted by Crippen LogP contribution is -2.54. The minimum absolute atomic E-state index is 0.0807. The highest BCUT2D eigenvalue weighted by Gasteiger charge is 2.35. The van der Waals surface area contributed by atoms with Crippen molar-refractivity contribution in [3.05, 3.63) is 28.3 Å². The molecule has 4 rings (SSSR count). The molecule has 9 heteroatoms. The molecule has 1 aliphatic carbocycles. The second kappa shape index (κ2) is 11.8. The third-order valence-electron chi connectivity index (χ3n) is 7.93. The molecule has 3 fully saturated rings. The molecule has 1 aromatic rings. The van der Waals surface area contributed by atoms with Gasteiger partial charge in [-0.1, -0.05) is 24.4 Å². The Labute approximate surface area is 232 Å². The quantitative estimate of drug-likeness (QED) is 0.539. The maximum absolute atomic E-state index is 13.0. The molecule has 3 amide bonds. The van der Waals surface area contributed by atoms with Gasteiger partial charge in [0.1, 0.15) is 5.60 Å². The van der Waals surface area contributed by atoms with Crippen molar-refractivity contribution in [1.82, 2.24) is 14.7 Å². The molecule has 0 unspecified atom stereocenters. The molecule has 1 atom stereocenters. The maximum atomic E-state index is 13.0. The van der Waals surface area contributed by atoms with Crippen LogP contribution in [-0.2, 0) is 20.9 Å². The van der Waals surface area contributed by atoms with Crippen molar-refractivity contribution in [1.29, 1.82) is 0 Å².